The van der Waals surface area contributed by atoms with Crippen LogP contribution in [0, 0.1) is 6.92 Å². The van der Waals surface area contributed by atoms with Gasteiger partial charge in [0.1, 0.15) is 23.8 Å². The molecular weight excluding hydrogens is 218 g/mol. The van der Waals surface area contributed by atoms with E-state index in [0.717, 1.165) is 18.1 Å². The molecule has 3 N–H and O–H groups in total. The van der Waals surface area contributed by atoms with Crippen molar-refractivity contribution in [1.29, 1.82) is 0 Å². The highest BCUT2D eigenvalue weighted by atomic mass is 15.3. The summed E-state index contributed by atoms with van der Waals surface area (Å²) >= 11 is 0. The van der Waals surface area contributed by atoms with Crippen LogP contribution in [0.25, 0.3) is 0 Å². The van der Waals surface area contributed by atoms with E-state index in [2.05, 4.69) is 25.4 Å². The Hall–Kier alpha value is -2.18. The molecule has 0 saturated carbocycles. The summed E-state index contributed by atoms with van der Waals surface area (Å²) in [5.41, 5.74) is 5.63. The van der Waals surface area contributed by atoms with E-state index >= 15 is 0 Å². The van der Waals surface area contributed by atoms with Crippen molar-refractivity contribution in [1.82, 2.24) is 24.7 Å². The van der Waals surface area contributed by atoms with Crippen LogP contribution in [0.3, 0.4) is 0 Å². The highest BCUT2D eigenvalue weighted by Gasteiger charge is 2.01. The molecule has 0 fully saturated rings. The van der Waals surface area contributed by atoms with Crippen molar-refractivity contribution >= 4 is 11.6 Å². The Balaban J connectivity index is 1.89. The molecule has 2 heterocycles. The van der Waals surface area contributed by atoms with Crippen LogP contribution in [0.2, 0.25) is 0 Å². The predicted octanol–water partition coefficient (Wildman–Crippen LogP) is 0.150. The Bertz CT molecular complexity index is 485. The number of nitrogen functional groups attached to an aromatic ring is 1. The van der Waals surface area contributed by atoms with Crippen molar-refractivity contribution in [3.05, 3.63) is 24.0 Å². The number of hydrogen-bond donors (Lipinski definition) is 2. The molecule has 0 aliphatic heterocycles. The molecule has 0 amide bonds. The maximum absolute atomic E-state index is 5.63. The van der Waals surface area contributed by atoms with Crippen molar-refractivity contribution in [3.8, 4) is 0 Å². The van der Waals surface area contributed by atoms with Gasteiger partial charge in [-0.2, -0.15) is 5.10 Å². The highest BCUT2D eigenvalue weighted by Crippen LogP contribution is 2.07. The van der Waals surface area contributed by atoms with E-state index in [9.17, 15) is 0 Å². The van der Waals surface area contributed by atoms with Gasteiger partial charge in [0.05, 0.1) is 0 Å². The third-order valence-corrected chi connectivity index (χ3v) is 2.16. The van der Waals surface area contributed by atoms with Gasteiger partial charge in [-0.1, -0.05) is 0 Å². The number of nitrogens with one attached hydrogen (secondary N) is 1. The fourth-order valence-corrected chi connectivity index (χ4v) is 1.48. The third kappa shape index (κ3) is 3.13. The van der Waals surface area contributed by atoms with Crippen molar-refractivity contribution in [2.75, 3.05) is 17.6 Å². The summed E-state index contributed by atoms with van der Waals surface area (Å²) < 4.78 is 1.68. The molecule has 0 saturated heterocycles. The molecule has 7 heteroatoms. The summed E-state index contributed by atoms with van der Waals surface area (Å²) in [5.74, 6) is 2.66. The maximum Gasteiger partial charge on any atom is 0.152 e. The summed E-state index contributed by atoms with van der Waals surface area (Å²) in [6.07, 6.45) is 2.42. The van der Waals surface area contributed by atoms with Crippen LogP contribution < -0.4 is 11.1 Å². The summed E-state index contributed by atoms with van der Waals surface area (Å²) in [4.78, 5) is 12.4. The molecule has 2 aromatic heterocycles. The summed E-state index contributed by atoms with van der Waals surface area (Å²) in [7, 11) is 1.85. The number of nitrogens with zero attached hydrogens (tertiary/aromatic N) is 5. The zero-order valence-corrected chi connectivity index (χ0v) is 9.88. The lowest BCUT2D eigenvalue weighted by Crippen LogP contribution is -2.09. The molecule has 0 bridgehead atoms. The minimum absolute atomic E-state index is 0.468. The zero-order chi connectivity index (χ0) is 12.3. The van der Waals surface area contributed by atoms with Gasteiger partial charge in [0, 0.05) is 26.1 Å². The number of rotatable bonds is 4. The molecule has 0 aliphatic rings. The number of aromatic nitrogens is 5. The molecular formula is C10H15N7. The largest absolute Gasteiger partial charge is 0.384 e. The van der Waals surface area contributed by atoms with Crippen LogP contribution in [0.4, 0.5) is 11.6 Å². The SMILES string of the molecule is Cc1nc(N)cc(NCCc2ncn(C)n2)n1. The number of aryl methyl sites for hydroxylation is 2. The number of nitrogens with two attached hydrogens (primary N) is 1. The fraction of sp³-hybridized carbons (Fsp3) is 0.400. The van der Waals surface area contributed by atoms with Gasteiger partial charge in [0.25, 0.3) is 0 Å². The van der Waals surface area contributed by atoms with Gasteiger partial charge >= 0.3 is 0 Å². The van der Waals surface area contributed by atoms with E-state index in [-0.39, 0.29) is 0 Å². The average Bonchev–Trinajstić information content (AvgIpc) is 2.63. The Morgan fingerprint density at radius 3 is 2.88 bits per heavy atom. The standard InChI is InChI=1S/C10H15N7/c1-7-14-8(11)5-10(15-7)12-4-3-9-13-6-17(2)16-9/h5-6H,3-4H2,1-2H3,(H3,11,12,14,15). The molecule has 7 nitrogen and oxygen atoms in total. The first kappa shape index (κ1) is 11.3. The van der Waals surface area contributed by atoms with Gasteiger partial charge < -0.3 is 11.1 Å². The average molecular weight is 233 g/mol. The van der Waals surface area contributed by atoms with Crippen molar-refractivity contribution in [2.24, 2.45) is 7.05 Å². The molecule has 90 valence electrons. The Morgan fingerprint density at radius 2 is 2.24 bits per heavy atom. The van der Waals surface area contributed by atoms with Gasteiger partial charge in [-0.05, 0) is 6.92 Å². The second-order valence-electron chi connectivity index (χ2n) is 3.74. The highest BCUT2D eigenvalue weighted by molar-refractivity contribution is 5.44. The van der Waals surface area contributed by atoms with Crippen LogP contribution in [0.1, 0.15) is 11.6 Å². The molecule has 0 atom stereocenters. The van der Waals surface area contributed by atoms with E-state index < -0.39 is 0 Å². The zero-order valence-electron chi connectivity index (χ0n) is 9.88. The maximum atomic E-state index is 5.63. The first-order chi connectivity index (χ1) is 8.13. The molecule has 0 aromatic carbocycles. The lowest BCUT2D eigenvalue weighted by molar-refractivity contribution is 0.741. The number of anilines is 2. The van der Waals surface area contributed by atoms with Crippen LogP contribution >= 0.6 is 0 Å². The second kappa shape index (κ2) is 4.77. The van der Waals surface area contributed by atoms with Crippen LogP contribution in [0.15, 0.2) is 12.4 Å². The Labute approximate surface area is 99.1 Å². The molecule has 2 rings (SSSR count). The summed E-state index contributed by atoms with van der Waals surface area (Å²) in [6.45, 7) is 2.52. The first-order valence-corrected chi connectivity index (χ1v) is 5.33. The molecule has 17 heavy (non-hydrogen) atoms. The van der Waals surface area contributed by atoms with Gasteiger partial charge in [-0.15, -0.1) is 0 Å². The smallest absolute Gasteiger partial charge is 0.152 e. The summed E-state index contributed by atoms with van der Waals surface area (Å²) in [5, 5.41) is 7.35. The quantitative estimate of drug-likeness (QED) is 0.780. The van der Waals surface area contributed by atoms with Crippen LogP contribution in [-0.2, 0) is 13.5 Å². The van der Waals surface area contributed by atoms with Crippen LogP contribution in [-0.4, -0.2) is 31.3 Å². The molecule has 0 aliphatic carbocycles. The van der Waals surface area contributed by atoms with Crippen LogP contribution in [0.5, 0.6) is 0 Å². The van der Waals surface area contributed by atoms with Gasteiger partial charge in [0.2, 0.25) is 0 Å². The Kier molecular flexibility index (Phi) is 3.17. The van der Waals surface area contributed by atoms with E-state index in [4.69, 9.17) is 5.73 Å². The molecule has 0 radical (unpaired) electrons. The fourth-order valence-electron chi connectivity index (χ4n) is 1.48. The van der Waals surface area contributed by atoms with Crippen molar-refractivity contribution in [3.63, 3.8) is 0 Å². The van der Waals surface area contributed by atoms with Crippen molar-refractivity contribution in [2.45, 2.75) is 13.3 Å². The van der Waals surface area contributed by atoms with Gasteiger partial charge in [0.15, 0.2) is 5.82 Å². The minimum atomic E-state index is 0.468. The summed E-state index contributed by atoms with van der Waals surface area (Å²) in [6, 6.07) is 1.71. The normalized spacial score (nSPS) is 10.5. The molecule has 0 spiro atoms. The molecule has 0 unspecified atom stereocenters. The van der Waals surface area contributed by atoms with E-state index in [1.165, 1.54) is 0 Å². The first-order valence-electron chi connectivity index (χ1n) is 5.33. The van der Waals surface area contributed by atoms with Gasteiger partial charge in [-0.25, -0.2) is 15.0 Å². The molecule has 2 aromatic rings. The monoisotopic (exact) mass is 233 g/mol. The minimum Gasteiger partial charge on any atom is -0.384 e. The predicted molar refractivity (Wildman–Crippen MR) is 64.4 cm³/mol. The van der Waals surface area contributed by atoms with Crippen molar-refractivity contribution < 1.29 is 0 Å². The van der Waals surface area contributed by atoms with E-state index in [0.29, 0.717) is 18.2 Å². The lowest BCUT2D eigenvalue weighted by Gasteiger charge is -2.05. The third-order valence-electron chi connectivity index (χ3n) is 2.16. The Morgan fingerprint density at radius 1 is 1.41 bits per heavy atom. The van der Waals surface area contributed by atoms with E-state index in [1.54, 1.807) is 17.1 Å². The lowest BCUT2D eigenvalue weighted by atomic mass is 10.4. The van der Waals surface area contributed by atoms with E-state index in [1.807, 2.05) is 14.0 Å². The second-order valence-corrected chi connectivity index (χ2v) is 3.74. The number of hydrogen-bond acceptors (Lipinski definition) is 6. The van der Waals surface area contributed by atoms with Gasteiger partial charge in [-0.3, -0.25) is 4.68 Å². The topological polar surface area (TPSA) is 94.5 Å².